The molecule has 0 amide bonds. The van der Waals surface area contributed by atoms with Crippen molar-refractivity contribution in [3.63, 3.8) is 0 Å². The number of hydrogen-bond donors (Lipinski definition) is 3. The van der Waals surface area contributed by atoms with Gasteiger partial charge in [-0.2, -0.15) is 5.26 Å². The van der Waals surface area contributed by atoms with Crippen molar-refractivity contribution in [2.75, 3.05) is 13.7 Å². The van der Waals surface area contributed by atoms with Crippen LogP contribution in [-0.2, 0) is 9.47 Å². The molecule has 0 aromatic heterocycles. The third-order valence-electron chi connectivity index (χ3n) is 3.30. The number of nitriles is 1. The molecule has 0 bridgehead atoms. The zero-order valence-corrected chi connectivity index (χ0v) is 11.4. The lowest BCUT2D eigenvalue weighted by Gasteiger charge is -2.39. The summed E-state index contributed by atoms with van der Waals surface area (Å²) in [5, 5.41) is 37.9. The zero-order valence-electron chi connectivity index (χ0n) is 11.4. The molecule has 1 aliphatic rings. The topological polar surface area (TPSA) is 112 Å². The highest BCUT2D eigenvalue weighted by atomic mass is 16.7. The maximum Gasteiger partial charge on any atom is 0.186 e. The van der Waals surface area contributed by atoms with Crippen LogP contribution >= 0.6 is 0 Å². The van der Waals surface area contributed by atoms with E-state index >= 15 is 0 Å². The van der Waals surface area contributed by atoms with E-state index in [4.69, 9.17) is 19.5 Å². The summed E-state index contributed by atoms with van der Waals surface area (Å²) in [5.74, 6) is 0.499. The summed E-state index contributed by atoms with van der Waals surface area (Å²) >= 11 is 0. The van der Waals surface area contributed by atoms with E-state index in [0.29, 0.717) is 11.3 Å². The Morgan fingerprint density at radius 2 is 1.81 bits per heavy atom. The molecule has 1 aliphatic heterocycles. The van der Waals surface area contributed by atoms with Crippen LogP contribution in [0.4, 0.5) is 0 Å². The largest absolute Gasteiger partial charge is 0.491 e. The molecule has 3 N–H and O–H groups in total. The second-order valence-corrected chi connectivity index (χ2v) is 4.70. The van der Waals surface area contributed by atoms with Gasteiger partial charge in [0.05, 0.1) is 11.6 Å². The fraction of sp³-hybridized carbons (Fsp3) is 0.500. The van der Waals surface area contributed by atoms with E-state index in [-0.39, 0.29) is 6.61 Å². The van der Waals surface area contributed by atoms with Crippen LogP contribution in [-0.4, -0.2) is 59.7 Å². The molecule has 5 atom stereocenters. The van der Waals surface area contributed by atoms with E-state index < -0.39 is 30.7 Å². The van der Waals surface area contributed by atoms with E-state index in [1.165, 1.54) is 7.11 Å². The minimum atomic E-state index is -1.38. The summed E-state index contributed by atoms with van der Waals surface area (Å²) in [4.78, 5) is 0. The number of benzene rings is 1. The third kappa shape index (κ3) is 3.50. The van der Waals surface area contributed by atoms with Crippen molar-refractivity contribution >= 4 is 0 Å². The van der Waals surface area contributed by atoms with Crippen molar-refractivity contribution in [1.29, 1.82) is 5.26 Å². The molecular weight excluding hydrogens is 278 g/mol. The minimum Gasteiger partial charge on any atom is -0.491 e. The number of rotatable bonds is 4. The van der Waals surface area contributed by atoms with Gasteiger partial charge in [-0.1, -0.05) is 0 Å². The van der Waals surface area contributed by atoms with Crippen LogP contribution in [0.2, 0.25) is 0 Å². The molecule has 1 heterocycles. The summed E-state index contributed by atoms with van der Waals surface area (Å²) in [5.41, 5.74) is 0.509. The Morgan fingerprint density at radius 1 is 1.14 bits per heavy atom. The van der Waals surface area contributed by atoms with Crippen molar-refractivity contribution in [3.8, 4) is 11.8 Å². The molecule has 7 nitrogen and oxygen atoms in total. The number of ether oxygens (including phenoxy) is 3. The highest BCUT2D eigenvalue weighted by Crippen LogP contribution is 2.22. The lowest BCUT2D eigenvalue weighted by molar-refractivity contribution is -0.293. The first-order valence-corrected chi connectivity index (χ1v) is 6.42. The van der Waals surface area contributed by atoms with Gasteiger partial charge in [0.2, 0.25) is 0 Å². The van der Waals surface area contributed by atoms with Gasteiger partial charge in [-0.15, -0.1) is 0 Å². The smallest absolute Gasteiger partial charge is 0.186 e. The molecule has 0 spiro atoms. The van der Waals surface area contributed by atoms with E-state index in [1.54, 1.807) is 24.3 Å². The van der Waals surface area contributed by atoms with Crippen molar-refractivity contribution in [1.82, 2.24) is 0 Å². The Morgan fingerprint density at radius 3 is 2.38 bits per heavy atom. The lowest BCUT2D eigenvalue weighted by Crippen LogP contribution is -2.59. The van der Waals surface area contributed by atoms with Crippen LogP contribution in [0, 0.1) is 11.3 Å². The van der Waals surface area contributed by atoms with Gasteiger partial charge < -0.3 is 29.5 Å². The van der Waals surface area contributed by atoms with Crippen LogP contribution in [0.1, 0.15) is 5.56 Å². The van der Waals surface area contributed by atoms with Crippen molar-refractivity contribution in [2.24, 2.45) is 0 Å². The number of aliphatic hydroxyl groups is 3. The van der Waals surface area contributed by atoms with Gasteiger partial charge in [-0.3, -0.25) is 0 Å². The molecule has 1 saturated heterocycles. The first-order chi connectivity index (χ1) is 10.1. The monoisotopic (exact) mass is 295 g/mol. The van der Waals surface area contributed by atoms with Crippen molar-refractivity contribution < 1.29 is 29.5 Å². The maximum atomic E-state index is 9.87. The number of methoxy groups -OCH3 is 1. The highest BCUT2D eigenvalue weighted by molar-refractivity contribution is 5.34. The average molecular weight is 295 g/mol. The van der Waals surface area contributed by atoms with E-state index in [9.17, 15) is 15.3 Å². The van der Waals surface area contributed by atoms with E-state index in [1.807, 2.05) is 6.07 Å². The lowest BCUT2D eigenvalue weighted by atomic mass is 9.99. The Labute approximate surface area is 121 Å². The summed E-state index contributed by atoms with van der Waals surface area (Å²) in [6, 6.07) is 8.43. The van der Waals surface area contributed by atoms with Gasteiger partial charge in [-0.25, -0.2) is 0 Å². The zero-order chi connectivity index (χ0) is 15.4. The molecule has 2 rings (SSSR count). The standard InChI is InChI=1S/C14H17NO6/c1-19-14-13(18)12(17)11(16)10(21-14)7-20-9-4-2-8(6-15)3-5-9/h2-5,10-14,16-18H,7H2,1H3/t10-,11-,12+,13-,14-/m1/s1. The Bertz CT molecular complexity index is 497. The summed E-state index contributed by atoms with van der Waals surface area (Å²) < 4.78 is 15.7. The first kappa shape index (κ1) is 15.7. The molecule has 21 heavy (non-hydrogen) atoms. The van der Waals surface area contributed by atoms with Crippen LogP contribution < -0.4 is 4.74 Å². The Kier molecular flexibility index (Phi) is 5.12. The van der Waals surface area contributed by atoms with Crippen LogP contribution in [0.3, 0.4) is 0 Å². The Hall–Kier alpha value is -1.69. The number of nitrogens with zero attached hydrogens (tertiary/aromatic N) is 1. The molecule has 7 heteroatoms. The van der Waals surface area contributed by atoms with Gasteiger partial charge in [0.15, 0.2) is 6.29 Å². The quantitative estimate of drug-likeness (QED) is 0.679. The normalized spacial score (nSPS) is 32.4. The van der Waals surface area contributed by atoms with Gasteiger partial charge in [0.25, 0.3) is 0 Å². The van der Waals surface area contributed by atoms with Crippen LogP contribution in [0.25, 0.3) is 0 Å². The van der Waals surface area contributed by atoms with Crippen LogP contribution in [0.15, 0.2) is 24.3 Å². The van der Waals surface area contributed by atoms with Crippen molar-refractivity contribution in [3.05, 3.63) is 29.8 Å². The Balaban J connectivity index is 1.96. The number of aliphatic hydroxyl groups excluding tert-OH is 3. The molecule has 0 saturated carbocycles. The summed E-state index contributed by atoms with van der Waals surface area (Å²) in [6.45, 7) is -0.0310. The average Bonchev–Trinajstić information content (AvgIpc) is 2.52. The summed E-state index contributed by atoms with van der Waals surface area (Å²) in [7, 11) is 1.33. The highest BCUT2D eigenvalue weighted by Gasteiger charge is 2.44. The van der Waals surface area contributed by atoms with Gasteiger partial charge in [0.1, 0.15) is 36.8 Å². The molecule has 0 aliphatic carbocycles. The van der Waals surface area contributed by atoms with Gasteiger partial charge >= 0.3 is 0 Å². The fourth-order valence-corrected chi connectivity index (χ4v) is 2.05. The molecule has 1 fully saturated rings. The molecule has 1 aromatic carbocycles. The second-order valence-electron chi connectivity index (χ2n) is 4.70. The number of hydrogen-bond acceptors (Lipinski definition) is 7. The van der Waals surface area contributed by atoms with E-state index in [2.05, 4.69) is 0 Å². The molecule has 0 unspecified atom stereocenters. The second kappa shape index (κ2) is 6.85. The SMILES string of the molecule is CO[C@@H]1O[C@H](COc2ccc(C#N)cc2)[C@@H](O)[C@H](O)[C@H]1O. The van der Waals surface area contributed by atoms with Gasteiger partial charge in [0, 0.05) is 7.11 Å². The van der Waals surface area contributed by atoms with Gasteiger partial charge in [-0.05, 0) is 24.3 Å². The molecule has 1 aromatic rings. The van der Waals surface area contributed by atoms with E-state index in [0.717, 1.165) is 0 Å². The summed E-state index contributed by atoms with van der Waals surface area (Å²) in [6.07, 6.45) is -5.86. The predicted octanol–water partition coefficient (Wildman–Crippen LogP) is -0.609. The predicted molar refractivity (Wildman–Crippen MR) is 70.3 cm³/mol. The maximum absolute atomic E-state index is 9.87. The van der Waals surface area contributed by atoms with Crippen molar-refractivity contribution in [2.45, 2.75) is 30.7 Å². The molecule has 0 radical (unpaired) electrons. The molecular formula is C14H17NO6. The first-order valence-electron chi connectivity index (χ1n) is 6.42. The minimum absolute atomic E-state index is 0.0310. The fourth-order valence-electron chi connectivity index (χ4n) is 2.05. The third-order valence-corrected chi connectivity index (χ3v) is 3.30. The van der Waals surface area contributed by atoms with Crippen LogP contribution in [0.5, 0.6) is 5.75 Å². The molecule has 114 valence electrons.